The second kappa shape index (κ2) is 7.37. The molecule has 3 nitrogen and oxygen atoms in total. The van der Waals surface area contributed by atoms with E-state index in [9.17, 15) is 5.11 Å². The highest BCUT2D eigenvalue weighted by atomic mass is 35.5. The molecule has 118 valence electrons. The minimum absolute atomic E-state index is 0.277. The highest BCUT2D eigenvalue weighted by Crippen LogP contribution is 2.45. The Morgan fingerprint density at radius 1 is 1.24 bits per heavy atom. The van der Waals surface area contributed by atoms with Crippen LogP contribution in [-0.4, -0.2) is 19.3 Å². The monoisotopic (exact) mass is 312 g/mol. The van der Waals surface area contributed by atoms with E-state index in [1.54, 1.807) is 14.2 Å². The molecule has 1 N–H and O–H groups in total. The van der Waals surface area contributed by atoms with Gasteiger partial charge in [-0.3, -0.25) is 0 Å². The minimum Gasteiger partial charge on any atom is -0.493 e. The van der Waals surface area contributed by atoms with Gasteiger partial charge in [-0.2, -0.15) is 0 Å². The Balaban J connectivity index is 2.32. The first kappa shape index (κ1) is 16.4. The predicted octanol–water partition coefficient (Wildman–Crippen LogP) is 4.61. The van der Waals surface area contributed by atoms with E-state index in [2.05, 4.69) is 6.92 Å². The number of hydrogen-bond acceptors (Lipinski definition) is 3. The third kappa shape index (κ3) is 3.29. The van der Waals surface area contributed by atoms with Crippen molar-refractivity contribution >= 4 is 11.6 Å². The van der Waals surface area contributed by atoms with Gasteiger partial charge in [-0.25, -0.2) is 0 Å². The summed E-state index contributed by atoms with van der Waals surface area (Å²) in [6, 6.07) is 3.67. The van der Waals surface area contributed by atoms with Crippen LogP contribution in [-0.2, 0) is 0 Å². The zero-order chi connectivity index (χ0) is 15.4. The summed E-state index contributed by atoms with van der Waals surface area (Å²) in [5, 5.41) is 11.3. The van der Waals surface area contributed by atoms with Crippen molar-refractivity contribution in [2.24, 2.45) is 11.8 Å². The average molecular weight is 313 g/mol. The minimum atomic E-state index is -0.539. The molecule has 1 saturated carbocycles. The van der Waals surface area contributed by atoms with Gasteiger partial charge in [-0.1, -0.05) is 50.3 Å². The molecule has 1 aliphatic carbocycles. The van der Waals surface area contributed by atoms with Gasteiger partial charge in [0.25, 0.3) is 0 Å². The number of methoxy groups -OCH3 is 2. The molecule has 0 aliphatic heterocycles. The van der Waals surface area contributed by atoms with Gasteiger partial charge in [-0.05, 0) is 24.3 Å². The van der Waals surface area contributed by atoms with Crippen LogP contribution in [0.1, 0.15) is 50.7 Å². The topological polar surface area (TPSA) is 38.7 Å². The maximum absolute atomic E-state index is 10.8. The van der Waals surface area contributed by atoms with Crippen molar-refractivity contribution in [1.29, 1.82) is 0 Å². The van der Waals surface area contributed by atoms with Crippen LogP contribution in [0.25, 0.3) is 0 Å². The molecular weight excluding hydrogens is 288 g/mol. The van der Waals surface area contributed by atoms with Gasteiger partial charge in [0.15, 0.2) is 11.5 Å². The first-order valence-electron chi connectivity index (χ1n) is 7.72. The van der Waals surface area contributed by atoms with E-state index in [0.29, 0.717) is 22.4 Å². The van der Waals surface area contributed by atoms with Gasteiger partial charge in [0.1, 0.15) is 0 Å². The summed E-state index contributed by atoms with van der Waals surface area (Å²) in [4.78, 5) is 0. The number of halogens is 1. The molecule has 4 heteroatoms. The van der Waals surface area contributed by atoms with Crippen LogP contribution in [0.5, 0.6) is 11.5 Å². The molecule has 1 aromatic rings. The third-order valence-electron chi connectivity index (χ3n) is 4.73. The van der Waals surface area contributed by atoms with Crippen LogP contribution in [0.2, 0.25) is 5.02 Å². The second-order valence-electron chi connectivity index (χ2n) is 5.77. The predicted molar refractivity (Wildman–Crippen MR) is 85.3 cm³/mol. The number of aliphatic hydroxyl groups is 1. The van der Waals surface area contributed by atoms with E-state index >= 15 is 0 Å². The Morgan fingerprint density at radius 3 is 2.57 bits per heavy atom. The van der Waals surface area contributed by atoms with Gasteiger partial charge in [0.2, 0.25) is 0 Å². The Morgan fingerprint density at radius 2 is 1.95 bits per heavy atom. The lowest BCUT2D eigenvalue weighted by Crippen LogP contribution is -2.25. The molecule has 0 radical (unpaired) electrons. The lowest BCUT2D eigenvalue weighted by Gasteiger charge is -2.35. The summed E-state index contributed by atoms with van der Waals surface area (Å²) >= 11 is 6.43. The normalized spacial score (nSPS) is 23.7. The zero-order valence-electron chi connectivity index (χ0n) is 13.1. The van der Waals surface area contributed by atoms with Crippen LogP contribution in [0.15, 0.2) is 12.1 Å². The molecule has 1 aromatic carbocycles. The lowest BCUT2D eigenvalue weighted by atomic mass is 9.73. The summed E-state index contributed by atoms with van der Waals surface area (Å²) in [5.41, 5.74) is 0.750. The van der Waals surface area contributed by atoms with E-state index in [0.717, 1.165) is 18.4 Å². The van der Waals surface area contributed by atoms with Gasteiger partial charge in [0.05, 0.1) is 25.3 Å². The van der Waals surface area contributed by atoms with Gasteiger partial charge < -0.3 is 14.6 Å². The van der Waals surface area contributed by atoms with Crippen LogP contribution in [0.4, 0.5) is 0 Å². The fraction of sp³-hybridized carbons (Fsp3) is 0.647. The molecule has 0 amide bonds. The molecule has 0 aromatic heterocycles. The molecule has 0 saturated heterocycles. The fourth-order valence-electron chi connectivity index (χ4n) is 3.52. The molecule has 0 spiro atoms. The quantitative estimate of drug-likeness (QED) is 0.863. The first-order valence-corrected chi connectivity index (χ1v) is 8.10. The van der Waals surface area contributed by atoms with Crippen LogP contribution < -0.4 is 9.47 Å². The van der Waals surface area contributed by atoms with E-state index in [4.69, 9.17) is 21.1 Å². The fourth-order valence-corrected chi connectivity index (χ4v) is 3.87. The van der Waals surface area contributed by atoms with Crippen LogP contribution >= 0.6 is 11.6 Å². The first-order chi connectivity index (χ1) is 10.1. The van der Waals surface area contributed by atoms with Crippen LogP contribution in [0, 0.1) is 11.8 Å². The molecular formula is C17H25ClO3. The van der Waals surface area contributed by atoms with Crippen molar-refractivity contribution in [2.45, 2.75) is 45.1 Å². The molecule has 3 unspecified atom stereocenters. The standard InChI is InChI=1S/C17H25ClO3/c1-4-11-7-5-6-8-12(11)16(19)13-9-10-14(20-2)17(21-3)15(13)18/h9-12,16,19H,4-8H2,1-3H3. The molecule has 0 bridgehead atoms. The number of rotatable bonds is 5. The Bertz CT molecular complexity index is 475. The molecule has 0 heterocycles. The largest absolute Gasteiger partial charge is 0.493 e. The second-order valence-corrected chi connectivity index (χ2v) is 6.14. The van der Waals surface area contributed by atoms with Gasteiger partial charge in [0, 0.05) is 5.56 Å². The number of benzene rings is 1. The summed E-state index contributed by atoms with van der Waals surface area (Å²) in [7, 11) is 3.15. The molecule has 1 fully saturated rings. The lowest BCUT2D eigenvalue weighted by molar-refractivity contribution is 0.0451. The van der Waals surface area contributed by atoms with E-state index in [-0.39, 0.29) is 5.92 Å². The van der Waals surface area contributed by atoms with E-state index in [1.165, 1.54) is 19.3 Å². The summed E-state index contributed by atoms with van der Waals surface area (Å²) in [6.45, 7) is 2.20. The SMILES string of the molecule is CCC1CCCCC1C(O)c1ccc(OC)c(OC)c1Cl. The summed E-state index contributed by atoms with van der Waals surface area (Å²) in [6.07, 6.45) is 5.27. The summed E-state index contributed by atoms with van der Waals surface area (Å²) in [5.74, 6) is 1.94. The van der Waals surface area contributed by atoms with Crippen molar-refractivity contribution < 1.29 is 14.6 Å². The molecule has 3 atom stereocenters. The Hall–Kier alpha value is -0.930. The Kier molecular flexibility index (Phi) is 5.77. The number of ether oxygens (including phenoxy) is 2. The highest BCUT2D eigenvalue weighted by molar-refractivity contribution is 6.33. The van der Waals surface area contributed by atoms with Gasteiger partial charge >= 0.3 is 0 Å². The van der Waals surface area contributed by atoms with Crippen molar-refractivity contribution in [3.63, 3.8) is 0 Å². The molecule has 21 heavy (non-hydrogen) atoms. The van der Waals surface area contributed by atoms with E-state index in [1.807, 2.05) is 12.1 Å². The van der Waals surface area contributed by atoms with E-state index < -0.39 is 6.10 Å². The number of aliphatic hydroxyl groups excluding tert-OH is 1. The summed E-state index contributed by atoms with van der Waals surface area (Å²) < 4.78 is 10.6. The maximum Gasteiger partial charge on any atom is 0.179 e. The van der Waals surface area contributed by atoms with Crippen molar-refractivity contribution in [1.82, 2.24) is 0 Å². The van der Waals surface area contributed by atoms with Gasteiger partial charge in [-0.15, -0.1) is 0 Å². The van der Waals surface area contributed by atoms with Crippen molar-refractivity contribution in [3.05, 3.63) is 22.7 Å². The van der Waals surface area contributed by atoms with Crippen molar-refractivity contribution in [3.8, 4) is 11.5 Å². The maximum atomic E-state index is 10.8. The zero-order valence-corrected chi connectivity index (χ0v) is 13.8. The average Bonchev–Trinajstić information content (AvgIpc) is 2.53. The molecule has 2 rings (SSSR count). The third-order valence-corrected chi connectivity index (χ3v) is 5.12. The number of hydrogen-bond donors (Lipinski definition) is 1. The Labute approximate surface area is 132 Å². The highest BCUT2D eigenvalue weighted by Gasteiger charge is 2.32. The smallest absolute Gasteiger partial charge is 0.179 e. The van der Waals surface area contributed by atoms with Crippen molar-refractivity contribution in [2.75, 3.05) is 14.2 Å². The molecule has 1 aliphatic rings. The van der Waals surface area contributed by atoms with Crippen LogP contribution in [0.3, 0.4) is 0 Å².